The average molecular weight is 511 g/mol. The van der Waals surface area contributed by atoms with Crippen LogP contribution in [0.15, 0.2) is 72.1 Å². The van der Waals surface area contributed by atoms with Gasteiger partial charge in [-0.3, -0.25) is 0 Å². The highest BCUT2D eigenvalue weighted by Crippen LogP contribution is 2.43. The monoisotopic (exact) mass is 510 g/mol. The maximum atomic E-state index is 12.3. The molecule has 9 heteroatoms. The molecule has 0 bridgehead atoms. The molecule has 1 heterocycles. The third-order valence-electron chi connectivity index (χ3n) is 5.19. The van der Waals surface area contributed by atoms with Gasteiger partial charge in [-0.25, -0.2) is 4.79 Å². The predicted molar refractivity (Wildman–Crippen MR) is 131 cm³/mol. The summed E-state index contributed by atoms with van der Waals surface area (Å²) < 4.78 is 22.0. The summed E-state index contributed by atoms with van der Waals surface area (Å²) in [5, 5.41) is 10.5. The summed E-state index contributed by atoms with van der Waals surface area (Å²) >= 11 is 11.9. The van der Waals surface area contributed by atoms with Gasteiger partial charge in [0.15, 0.2) is 6.61 Å². The van der Waals surface area contributed by atoms with E-state index in [0.717, 1.165) is 11.3 Å². The van der Waals surface area contributed by atoms with Gasteiger partial charge in [-0.15, -0.1) is 0 Å². The van der Waals surface area contributed by atoms with Crippen molar-refractivity contribution >= 4 is 29.2 Å². The lowest BCUT2D eigenvalue weighted by atomic mass is 9.83. The second kappa shape index (κ2) is 10.6. The molecule has 1 atom stereocenters. The van der Waals surface area contributed by atoms with Gasteiger partial charge in [0.2, 0.25) is 5.88 Å². The largest absolute Gasteiger partial charge is 0.494 e. The van der Waals surface area contributed by atoms with E-state index in [-0.39, 0.29) is 23.3 Å². The van der Waals surface area contributed by atoms with Crippen LogP contribution in [0.2, 0.25) is 10.0 Å². The van der Waals surface area contributed by atoms with Crippen molar-refractivity contribution in [3.63, 3.8) is 0 Å². The first-order valence-corrected chi connectivity index (χ1v) is 11.4. The molecule has 3 aromatic carbocycles. The molecule has 0 saturated heterocycles. The van der Waals surface area contributed by atoms with Crippen molar-refractivity contribution in [2.45, 2.75) is 12.8 Å². The molecule has 7 nitrogen and oxygen atoms in total. The van der Waals surface area contributed by atoms with Crippen molar-refractivity contribution in [1.82, 2.24) is 0 Å². The van der Waals surface area contributed by atoms with Gasteiger partial charge in [-0.05, 0) is 48.9 Å². The Labute approximate surface area is 212 Å². The second-order valence-corrected chi connectivity index (χ2v) is 8.31. The number of rotatable bonds is 7. The van der Waals surface area contributed by atoms with E-state index in [1.54, 1.807) is 30.3 Å². The Bertz CT molecular complexity index is 1330. The van der Waals surface area contributed by atoms with Gasteiger partial charge in [0, 0.05) is 16.7 Å². The smallest absolute Gasteiger partial charge is 0.349 e. The number of nitrogens with two attached hydrogens (primary N) is 1. The molecule has 3 aromatic rings. The molecule has 0 amide bonds. The summed E-state index contributed by atoms with van der Waals surface area (Å²) in [6, 6.07) is 19.2. The maximum absolute atomic E-state index is 12.3. The van der Waals surface area contributed by atoms with Gasteiger partial charge in [0.25, 0.3) is 0 Å². The number of nitrogens with zero attached hydrogens (tertiary/aromatic N) is 1. The fraction of sp³-hybridized carbons (Fsp3) is 0.154. The molecule has 0 spiro atoms. The van der Waals surface area contributed by atoms with E-state index in [0.29, 0.717) is 34.3 Å². The summed E-state index contributed by atoms with van der Waals surface area (Å²) in [6.45, 7) is 2.09. The minimum atomic E-state index is -0.643. The van der Waals surface area contributed by atoms with Crippen LogP contribution in [0.1, 0.15) is 24.0 Å². The molecular formula is C26H20Cl2N2O5. The van der Waals surface area contributed by atoms with Gasteiger partial charge < -0.3 is 24.7 Å². The number of nitriles is 1. The number of benzene rings is 3. The van der Waals surface area contributed by atoms with Crippen LogP contribution >= 0.6 is 23.2 Å². The standard InChI is InChI=1S/C26H20Cl2N2O5/c1-2-32-17-6-3-15(4-7-17)25-19-9-8-18(12-23(19)35-26(30)20(25)13-29)34-24(31)14-33-22-10-5-16(27)11-21(22)28/h3-12,25H,2,14,30H2,1H3. The highest BCUT2D eigenvalue weighted by Gasteiger charge is 2.31. The fourth-order valence-corrected chi connectivity index (χ4v) is 4.12. The Balaban J connectivity index is 1.53. The van der Waals surface area contributed by atoms with Crippen molar-refractivity contribution in [3.8, 4) is 29.1 Å². The van der Waals surface area contributed by atoms with Gasteiger partial charge in [0.1, 0.15) is 34.6 Å². The Morgan fingerprint density at radius 3 is 2.49 bits per heavy atom. The first-order valence-electron chi connectivity index (χ1n) is 10.6. The summed E-state index contributed by atoms with van der Waals surface area (Å²) in [5.74, 6) is 0.551. The topological polar surface area (TPSA) is 104 Å². The molecule has 178 valence electrons. The lowest BCUT2D eigenvalue weighted by Crippen LogP contribution is -2.21. The highest BCUT2D eigenvalue weighted by molar-refractivity contribution is 6.35. The van der Waals surface area contributed by atoms with Crippen molar-refractivity contribution < 1.29 is 23.7 Å². The number of carbonyl (C=O) groups is 1. The summed E-state index contributed by atoms with van der Waals surface area (Å²) in [7, 11) is 0. The van der Waals surface area contributed by atoms with Gasteiger partial charge in [0.05, 0.1) is 17.5 Å². The van der Waals surface area contributed by atoms with Crippen molar-refractivity contribution in [1.29, 1.82) is 5.26 Å². The number of hydrogen-bond acceptors (Lipinski definition) is 7. The fourth-order valence-electron chi connectivity index (χ4n) is 3.66. The molecule has 1 aliphatic rings. The molecule has 0 aliphatic carbocycles. The molecule has 35 heavy (non-hydrogen) atoms. The number of fused-ring (bicyclic) bond motifs is 1. The number of esters is 1. The predicted octanol–water partition coefficient (Wildman–Crippen LogP) is 5.59. The number of ether oxygens (including phenoxy) is 4. The van der Waals surface area contributed by atoms with Gasteiger partial charge in [-0.2, -0.15) is 5.26 Å². The Morgan fingerprint density at radius 1 is 1.06 bits per heavy atom. The Kier molecular flexibility index (Phi) is 7.35. The first kappa shape index (κ1) is 24.3. The van der Waals surface area contributed by atoms with Crippen molar-refractivity contribution in [2.75, 3.05) is 13.2 Å². The van der Waals surface area contributed by atoms with Crippen molar-refractivity contribution in [3.05, 3.63) is 93.3 Å². The lowest BCUT2D eigenvalue weighted by Gasteiger charge is -2.26. The van der Waals surface area contributed by atoms with E-state index in [1.165, 1.54) is 6.07 Å². The van der Waals surface area contributed by atoms with Crippen LogP contribution < -0.4 is 24.7 Å². The third kappa shape index (κ3) is 5.46. The van der Waals surface area contributed by atoms with Crippen LogP contribution in [-0.4, -0.2) is 19.2 Å². The molecule has 0 aromatic heterocycles. The van der Waals surface area contributed by atoms with Gasteiger partial charge >= 0.3 is 5.97 Å². The van der Waals surface area contributed by atoms with E-state index in [2.05, 4.69) is 6.07 Å². The summed E-state index contributed by atoms with van der Waals surface area (Å²) in [4.78, 5) is 12.3. The molecule has 2 N–H and O–H groups in total. The minimum absolute atomic E-state index is 0.0110. The van der Waals surface area contributed by atoms with Crippen LogP contribution in [0, 0.1) is 11.3 Å². The molecule has 0 fully saturated rings. The first-order chi connectivity index (χ1) is 16.9. The molecule has 1 unspecified atom stereocenters. The Hall–Kier alpha value is -3.86. The van der Waals surface area contributed by atoms with Crippen LogP contribution in [-0.2, 0) is 4.79 Å². The normalized spacial score (nSPS) is 14.4. The number of carbonyl (C=O) groups excluding carboxylic acids is 1. The van der Waals surface area contributed by atoms with E-state index in [1.807, 2.05) is 31.2 Å². The van der Waals surface area contributed by atoms with E-state index in [9.17, 15) is 10.1 Å². The second-order valence-electron chi connectivity index (χ2n) is 7.46. The molecule has 4 rings (SSSR count). The third-order valence-corrected chi connectivity index (χ3v) is 5.72. The SMILES string of the molecule is CCOc1ccc(C2C(C#N)=C(N)Oc3cc(OC(=O)COc4ccc(Cl)cc4Cl)ccc32)cc1. The van der Waals surface area contributed by atoms with Crippen molar-refractivity contribution in [2.24, 2.45) is 5.73 Å². The van der Waals surface area contributed by atoms with Crippen LogP contribution in [0.25, 0.3) is 0 Å². The van der Waals surface area contributed by atoms with Crippen LogP contribution in [0.3, 0.4) is 0 Å². The molecule has 1 aliphatic heterocycles. The van der Waals surface area contributed by atoms with Gasteiger partial charge in [-0.1, -0.05) is 41.4 Å². The van der Waals surface area contributed by atoms with Crippen LogP contribution in [0.4, 0.5) is 0 Å². The van der Waals surface area contributed by atoms with E-state index >= 15 is 0 Å². The number of halogens is 2. The van der Waals surface area contributed by atoms with E-state index in [4.69, 9.17) is 47.9 Å². The minimum Gasteiger partial charge on any atom is -0.494 e. The van der Waals surface area contributed by atoms with E-state index < -0.39 is 11.9 Å². The number of hydrogen-bond donors (Lipinski definition) is 1. The number of allylic oxidation sites excluding steroid dienone is 1. The summed E-state index contributed by atoms with van der Waals surface area (Å²) in [5.41, 5.74) is 7.90. The van der Waals surface area contributed by atoms with Crippen LogP contribution in [0.5, 0.6) is 23.0 Å². The quantitative estimate of drug-likeness (QED) is 0.326. The Morgan fingerprint density at radius 2 is 1.80 bits per heavy atom. The average Bonchev–Trinajstić information content (AvgIpc) is 2.83. The maximum Gasteiger partial charge on any atom is 0.349 e. The zero-order valence-corrected chi connectivity index (χ0v) is 20.1. The molecule has 0 saturated carbocycles. The summed E-state index contributed by atoms with van der Waals surface area (Å²) in [6.07, 6.45) is 0. The molecular weight excluding hydrogens is 491 g/mol. The lowest BCUT2D eigenvalue weighted by molar-refractivity contribution is -0.136. The highest BCUT2D eigenvalue weighted by atomic mass is 35.5. The molecule has 0 radical (unpaired) electrons. The zero-order chi connectivity index (χ0) is 24.9. The zero-order valence-electron chi connectivity index (χ0n) is 18.6.